The van der Waals surface area contributed by atoms with Crippen molar-refractivity contribution in [3.05, 3.63) is 33.7 Å². The molecule has 0 aromatic heterocycles. The Bertz CT molecular complexity index is 675. The van der Waals surface area contributed by atoms with Crippen molar-refractivity contribution in [1.29, 1.82) is 0 Å². The summed E-state index contributed by atoms with van der Waals surface area (Å²) < 4.78 is 0.409. The lowest BCUT2D eigenvalue weighted by Crippen LogP contribution is -2.29. The molecular weight excluding hydrogens is 346 g/mol. The third-order valence-electron chi connectivity index (χ3n) is 2.92. The number of carboxylic acid groups (broad SMARTS) is 1. The molecule has 8 heteroatoms. The van der Waals surface area contributed by atoms with E-state index in [4.69, 9.17) is 28.9 Å². The Morgan fingerprint density at radius 3 is 2.82 bits per heavy atom. The number of carbonyl (C=O) groups excluding carboxylic acids is 1. The number of thioether (sulfide) groups is 1. The Labute approximate surface area is 141 Å². The second-order valence-corrected chi connectivity index (χ2v) is 6.62. The highest BCUT2D eigenvalue weighted by molar-refractivity contribution is 8.26. The zero-order valence-electron chi connectivity index (χ0n) is 11.3. The number of phenols is 1. The van der Waals surface area contributed by atoms with Crippen molar-refractivity contribution in [2.45, 2.75) is 12.8 Å². The van der Waals surface area contributed by atoms with Crippen LogP contribution in [0.15, 0.2) is 23.1 Å². The van der Waals surface area contributed by atoms with Gasteiger partial charge in [0.25, 0.3) is 5.91 Å². The van der Waals surface area contributed by atoms with Crippen molar-refractivity contribution in [1.82, 2.24) is 4.90 Å². The third-order valence-corrected chi connectivity index (χ3v) is 4.60. The Hall–Kier alpha value is -1.57. The highest BCUT2D eigenvalue weighted by Gasteiger charge is 2.31. The fourth-order valence-corrected chi connectivity index (χ4v) is 3.34. The van der Waals surface area contributed by atoms with Crippen LogP contribution in [0.3, 0.4) is 0 Å². The number of hydrogen-bond donors (Lipinski definition) is 2. The fraction of sp³-hybridized carbons (Fsp3) is 0.214. The lowest BCUT2D eigenvalue weighted by atomic mass is 10.2. The molecule has 1 heterocycles. The molecule has 0 atom stereocenters. The minimum Gasteiger partial charge on any atom is -0.506 e. The van der Waals surface area contributed by atoms with E-state index in [1.54, 1.807) is 18.2 Å². The number of hydrogen-bond acceptors (Lipinski definition) is 5. The molecule has 0 saturated carbocycles. The van der Waals surface area contributed by atoms with Crippen molar-refractivity contribution in [2.24, 2.45) is 0 Å². The summed E-state index contributed by atoms with van der Waals surface area (Å²) in [6.07, 6.45) is 1.98. The highest BCUT2D eigenvalue weighted by Crippen LogP contribution is 2.33. The van der Waals surface area contributed by atoms with Crippen LogP contribution in [0.4, 0.5) is 0 Å². The largest absolute Gasteiger partial charge is 0.506 e. The molecule has 1 aliphatic heterocycles. The van der Waals surface area contributed by atoms with Gasteiger partial charge in [0.15, 0.2) is 0 Å². The molecule has 1 amide bonds. The number of phenolic OH excluding ortho intramolecular Hbond substituents is 1. The number of halogens is 1. The van der Waals surface area contributed by atoms with Crippen LogP contribution >= 0.6 is 35.6 Å². The number of amides is 1. The van der Waals surface area contributed by atoms with E-state index in [-0.39, 0.29) is 29.6 Å². The standard InChI is InChI=1S/C14H12ClNO4S2/c15-9-6-8(3-4-10(9)17)7-11-13(20)16(14(21)22-11)5-1-2-12(18)19/h3-4,6-7,17H,1-2,5H2,(H,18,19)/b11-7-. The maximum absolute atomic E-state index is 12.3. The van der Waals surface area contributed by atoms with Crippen LogP contribution in [0.2, 0.25) is 5.02 Å². The molecule has 1 aliphatic rings. The fourth-order valence-electron chi connectivity index (χ4n) is 1.85. The van der Waals surface area contributed by atoms with E-state index >= 15 is 0 Å². The van der Waals surface area contributed by atoms with Gasteiger partial charge < -0.3 is 10.2 Å². The molecular formula is C14H12ClNO4S2. The van der Waals surface area contributed by atoms with Crippen molar-refractivity contribution in [2.75, 3.05) is 6.54 Å². The Balaban J connectivity index is 2.11. The molecule has 0 radical (unpaired) electrons. The first-order valence-corrected chi connectivity index (χ1v) is 7.94. The van der Waals surface area contributed by atoms with E-state index in [1.807, 2.05) is 0 Å². The summed E-state index contributed by atoms with van der Waals surface area (Å²) in [7, 11) is 0. The quantitative estimate of drug-likeness (QED) is 0.622. The smallest absolute Gasteiger partial charge is 0.303 e. The summed E-state index contributed by atoms with van der Waals surface area (Å²) in [6.45, 7) is 0.282. The summed E-state index contributed by atoms with van der Waals surface area (Å²) in [5, 5.41) is 18.2. The van der Waals surface area contributed by atoms with Crippen LogP contribution in [0.25, 0.3) is 6.08 Å². The van der Waals surface area contributed by atoms with Gasteiger partial charge in [-0.05, 0) is 30.2 Å². The van der Waals surface area contributed by atoms with Gasteiger partial charge in [0, 0.05) is 13.0 Å². The zero-order valence-corrected chi connectivity index (χ0v) is 13.7. The highest BCUT2D eigenvalue weighted by atomic mass is 35.5. The van der Waals surface area contributed by atoms with Gasteiger partial charge in [-0.25, -0.2) is 0 Å². The van der Waals surface area contributed by atoms with E-state index in [2.05, 4.69) is 0 Å². The first-order chi connectivity index (χ1) is 10.4. The van der Waals surface area contributed by atoms with Gasteiger partial charge >= 0.3 is 5.97 Å². The van der Waals surface area contributed by atoms with Crippen LogP contribution in [0.5, 0.6) is 5.75 Å². The number of aliphatic carboxylic acids is 1. The minimum atomic E-state index is -0.903. The predicted molar refractivity (Wildman–Crippen MR) is 89.9 cm³/mol. The van der Waals surface area contributed by atoms with Crippen LogP contribution in [-0.2, 0) is 9.59 Å². The van der Waals surface area contributed by atoms with Crippen molar-refractivity contribution >= 4 is 57.9 Å². The van der Waals surface area contributed by atoms with Gasteiger partial charge in [0.2, 0.25) is 0 Å². The van der Waals surface area contributed by atoms with E-state index in [9.17, 15) is 14.7 Å². The molecule has 116 valence electrons. The van der Waals surface area contributed by atoms with E-state index in [1.165, 1.54) is 11.0 Å². The number of thiocarbonyl (C=S) groups is 1. The van der Waals surface area contributed by atoms with Gasteiger partial charge in [-0.1, -0.05) is 41.6 Å². The second-order valence-electron chi connectivity index (χ2n) is 4.54. The van der Waals surface area contributed by atoms with Crippen LogP contribution in [-0.4, -0.2) is 37.9 Å². The van der Waals surface area contributed by atoms with Crippen molar-refractivity contribution < 1.29 is 19.8 Å². The Morgan fingerprint density at radius 2 is 2.18 bits per heavy atom. The molecule has 1 aromatic rings. The number of benzene rings is 1. The molecule has 0 spiro atoms. The Kier molecular flexibility index (Phi) is 5.44. The zero-order chi connectivity index (χ0) is 16.3. The summed E-state index contributed by atoms with van der Waals surface area (Å²) in [5.74, 6) is -1.18. The summed E-state index contributed by atoms with van der Waals surface area (Å²) in [6, 6.07) is 4.63. The SMILES string of the molecule is O=C(O)CCCN1C(=O)/C(=C/c2ccc(O)c(Cl)c2)SC1=S. The molecule has 2 N–H and O–H groups in total. The number of nitrogens with zero attached hydrogens (tertiary/aromatic N) is 1. The van der Waals surface area contributed by atoms with E-state index in [0.717, 1.165) is 11.8 Å². The molecule has 22 heavy (non-hydrogen) atoms. The first kappa shape index (κ1) is 16.8. The summed E-state index contributed by atoms with van der Waals surface area (Å²) in [4.78, 5) is 24.6. The third kappa shape index (κ3) is 4.00. The Morgan fingerprint density at radius 1 is 1.45 bits per heavy atom. The number of carboxylic acids is 1. The predicted octanol–water partition coefficient (Wildman–Crippen LogP) is 3.11. The lowest BCUT2D eigenvalue weighted by molar-refractivity contribution is -0.137. The number of rotatable bonds is 5. The lowest BCUT2D eigenvalue weighted by Gasteiger charge is -2.13. The van der Waals surface area contributed by atoms with Gasteiger partial charge in [-0.15, -0.1) is 0 Å². The van der Waals surface area contributed by atoms with Crippen molar-refractivity contribution in [3.8, 4) is 5.75 Å². The second kappa shape index (κ2) is 7.13. The van der Waals surface area contributed by atoms with Crippen LogP contribution in [0, 0.1) is 0 Å². The summed E-state index contributed by atoms with van der Waals surface area (Å²) in [5.41, 5.74) is 0.675. The molecule has 0 unspecified atom stereocenters. The molecule has 1 fully saturated rings. The van der Waals surface area contributed by atoms with Crippen molar-refractivity contribution in [3.63, 3.8) is 0 Å². The normalized spacial score (nSPS) is 16.6. The maximum Gasteiger partial charge on any atom is 0.303 e. The number of carbonyl (C=O) groups is 2. The molecule has 1 saturated heterocycles. The van der Waals surface area contributed by atoms with Crippen LogP contribution in [0.1, 0.15) is 18.4 Å². The molecule has 0 bridgehead atoms. The average molecular weight is 358 g/mol. The van der Waals surface area contributed by atoms with Gasteiger partial charge in [-0.3, -0.25) is 14.5 Å². The number of aromatic hydroxyl groups is 1. The molecule has 0 aliphatic carbocycles. The van der Waals surface area contributed by atoms with Gasteiger partial charge in [0.1, 0.15) is 10.1 Å². The maximum atomic E-state index is 12.3. The van der Waals surface area contributed by atoms with Gasteiger partial charge in [-0.2, -0.15) is 0 Å². The van der Waals surface area contributed by atoms with E-state index < -0.39 is 5.97 Å². The van der Waals surface area contributed by atoms with Gasteiger partial charge in [0.05, 0.1) is 9.93 Å². The summed E-state index contributed by atoms with van der Waals surface area (Å²) >= 11 is 12.1. The molecule has 2 rings (SSSR count). The van der Waals surface area contributed by atoms with Crippen LogP contribution < -0.4 is 0 Å². The molecule has 5 nitrogen and oxygen atoms in total. The first-order valence-electron chi connectivity index (χ1n) is 6.34. The minimum absolute atomic E-state index is 0.0102. The van der Waals surface area contributed by atoms with E-state index in [0.29, 0.717) is 21.2 Å². The topological polar surface area (TPSA) is 77.8 Å². The molecule has 1 aromatic carbocycles. The average Bonchev–Trinajstić information content (AvgIpc) is 2.70. The monoisotopic (exact) mass is 357 g/mol.